The van der Waals surface area contributed by atoms with E-state index in [4.69, 9.17) is 10.7 Å². The van der Waals surface area contributed by atoms with E-state index in [0.717, 1.165) is 56.3 Å². The first-order valence-electron chi connectivity index (χ1n) is 14.7. The molecule has 1 unspecified atom stereocenters. The van der Waals surface area contributed by atoms with Crippen LogP contribution in [0, 0.1) is 11.8 Å². The lowest BCUT2D eigenvalue weighted by molar-refractivity contribution is -0.132. The predicted octanol–water partition coefficient (Wildman–Crippen LogP) is 5.57. The SMILES string of the molecule is CCCCC1(CC2CCCCC2)N=C(N)N(Cc2ccc(CNC(=O)N(CCC)CC3CC3)cc2)C1=O. The summed E-state index contributed by atoms with van der Waals surface area (Å²) in [7, 11) is 0. The van der Waals surface area contributed by atoms with E-state index in [0.29, 0.717) is 30.9 Å². The van der Waals surface area contributed by atoms with Gasteiger partial charge in [-0.05, 0) is 55.1 Å². The zero-order chi connectivity index (χ0) is 26.3. The molecule has 4 rings (SSSR count). The molecule has 0 spiro atoms. The van der Waals surface area contributed by atoms with Gasteiger partial charge in [-0.3, -0.25) is 9.69 Å². The van der Waals surface area contributed by atoms with Crippen LogP contribution in [0.5, 0.6) is 0 Å². The molecule has 1 aliphatic heterocycles. The number of carbonyl (C=O) groups excluding carboxylic acids is 2. The molecule has 2 aliphatic carbocycles. The van der Waals surface area contributed by atoms with Crippen molar-refractivity contribution in [3.8, 4) is 0 Å². The van der Waals surface area contributed by atoms with Gasteiger partial charge in [-0.15, -0.1) is 0 Å². The Kier molecular flexibility index (Phi) is 9.49. The summed E-state index contributed by atoms with van der Waals surface area (Å²) in [6.07, 6.45) is 13.3. The number of urea groups is 1. The van der Waals surface area contributed by atoms with Crippen molar-refractivity contribution in [2.24, 2.45) is 22.6 Å². The number of aliphatic imine (C=N–C) groups is 1. The normalized spacial score (nSPS) is 22.3. The Morgan fingerprint density at radius 3 is 2.41 bits per heavy atom. The van der Waals surface area contributed by atoms with Crippen LogP contribution in [0.15, 0.2) is 29.3 Å². The molecule has 204 valence electrons. The zero-order valence-corrected chi connectivity index (χ0v) is 23.0. The van der Waals surface area contributed by atoms with E-state index in [1.807, 2.05) is 29.2 Å². The van der Waals surface area contributed by atoms with E-state index < -0.39 is 5.54 Å². The Balaban J connectivity index is 1.34. The van der Waals surface area contributed by atoms with Crippen molar-refractivity contribution in [2.75, 3.05) is 13.1 Å². The number of carbonyl (C=O) groups is 2. The van der Waals surface area contributed by atoms with Crippen molar-refractivity contribution in [3.63, 3.8) is 0 Å². The van der Waals surface area contributed by atoms with E-state index >= 15 is 0 Å². The first kappa shape index (κ1) is 27.5. The average Bonchev–Trinajstić information content (AvgIpc) is 3.70. The molecule has 7 nitrogen and oxygen atoms in total. The molecule has 1 heterocycles. The van der Waals surface area contributed by atoms with Crippen molar-refractivity contribution >= 4 is 17.9 Å². The average molecular weight is 510 g/mol. The predicted molar refractivity (Wildman–Crippen MR) is 149 cm³/mol. The zero-order valence-electron chi connectivity index (χ0n) is 23.0. The highest BCUT2D eigenvalue weighted by atomic mass is 16.2. The Hall–Kier alpha value is -2.57. The van der Waals surface area contributed by atoms with Gasteiger partial charge < -0.3 is 16.0 Å². The maximum Gasteiger partial charge on any atom is 0.317 e. The number of hydrogen-bond donors (Lipinski definition) is 2. The molecule has 1 aromatic carbocycles. The topological polar surface area (TPSA) is 91.0 Å². The third-order valence-corrected chi connectivity index (χ3v) is 8.31. The number of nitrogens with one attached hydrogen (secondary N) is 1. The standard InChI is InChI=1S/C30H47N5O2/c1-3-5-17-30(19-23-9-7-6-8-10-23)27(36)35(28(31)33-30)22-26-13-11-24(12-14-26)20-32-29(37)34(18-4-2)21-25-15-16-25/h11-14,23,25H,3-10,15-22H2,1-2H3,(H2,31,33)(H,32,37). The summed E-state index contributed by atoms with van der Waals surface area (Å²) in [4.78, 5) is 34.9. The molecule has 0 radical (unpaired) electrons. The maximum absolute atomic E-state index is 13.7. The number of guanidine groups is 1. The number of benzene rings is 1. The van der Waals surface area contributed by atoms with Gasteiger partial charge in [-0.25, -0.2) is 9.79 Å². The Morgan fingerprint density at radius 1 is 1.05 bits per heavy atom. The number of unbranched alkanes of at least 4 members (excludes halogenated alkanes) is 1. The van der Waals surface area contributed by atoms with Gasteiger partial charge >= 0.3 is 6.03 Å². The second-order valence-electron chi connectivity index (χ2n) is 11.6. The molecular formula is C30H47N5O2. The number of nitrogens with two attached hydrogens (primary N) is 1. The Morgan fingerprint density at radius 2 is 1.76 bits per heavy atom. The molecule has 1 aromatic rings. The monoisotopic (exact) mass is 509 g/mol. The lowest BCUT2D eigenvalue weighted by Gasteiger charge is -2.32. The molecular weight excluding hydrogens is 462 g/mol. The smallest absolute Gasteiger partial charge is 0.317 e. The van der Waals surface area contributed by atoms with E-state index in [1.54, 1.807) is 4.90 Å². The van der Waals surface area contributed by atoms with Crippen LogP contribution in [0.2, 0.25) is 0 Å². The molecule has 3 aliphatic rings. The number of hydrogen-bond acceptors (Lipinski definition) is 4. The lowest BCUT2D eigenvalue weighted by Crippen LogP contribution is -2.45. The van der Waals surface area contributed by atoms with Crippen LogP contribution >= 0.6 is 0 Å². The first-order chi connectivity index (χ1) is 17.9. The number of rotatable bonds is 13. The van der Waals surface area contributed by atoms with Gasteiger partial charge in [0.15, 0.2) is 5.96 Å². The molecule has 0 bridgehead atoms. The van der Waals surface area contributed by atoms with Gasteiger partial charge in [-0.1, -0.05) is 83.1 Å². The van der Waals surface area contributed by atoms with Gasteiger partial charge in [0.25, 0.3) is 5.91 Å². The third-order valence-electron chi connectivity index (χ3n) is 8.31. The molecule has 3 amide bonds. The molecule has 1 atom stereocenters. The molecule has 0 saturated heterocycles. The molecule has 2 fully saturated rings. The summed E-state index contributed by atoms with van der Waals surface area (Å²) in [5, 5.41) is 3.08. The van der Waals surface area contributed by atoms with Gasteiger partial charge in [0.2, 0.25) is 0 Å². The summed E-state index contributed by atoms with van der Waals surface area (Å²) in [6, 6.07) is 8.14. The van der Waals surface area contributed by atoms with Crippen molar-refractivity contribution in [3.05, 3.63) is 35.4 Å². The van der Waals surface area contributed by atoms with Gasteiger partial charge in [-0.2, -0.15) is 0 Å². The molecule has 7 heteroatoms. The molecule has 2 saturated carbocycles. The van der Waals surface area contributed by atoms with Crippen LogP contribution in [0.25, 0.3) is 0 Å². The van der Waals surface area contributed by atoms with Crippen LogP contribution in [0.4, 0.5) is 4.79 Å². The van der Waals surface area contributed by atoms with Gasteiger partial charge in [0.1, 0.15) is 5.54 Å². The van der Waals surface area contributed by atoms with E-state index in [2.05, 4.69) is 19.2 Å². The van der Waals surface area contributed by atoms with Gasteiger partial charge in [0, 0.05) is 19.6 Å². The molecule has 3 N–H and O–H groups in total. The van der Waals surface area contributed by atoms with E-state index in [1.165, 1.54) is 44.9 Å². The first-order valence-corrected chi connectivity index (χ1v) is 14.7. The lowest BCUT2D eigenvalue weighted by atomic mass is 9.77. The highest BCUT2D eigenvalue weighted by Crippen LogP contribution is 2.39. The van der Waals surface area contributed by atoms with E-state index in [-0.39, 0.29) is 11.9 Å². The van der Waals surface area contributed by atoms with E-state index in [9.17, 15) is 9.59 Å². The third kappa shape index (κ3) is 7.26. The Labute approximate surface area is 223 Å². The largest absolute Gasteiger partial charge is 0.369 e. The second kappa shape index (κ2) is 12.8. The highest BCUT2D eigenvalue weighted by Gasteiger charge is 2.48. The summed E-state index contributed by atoms with van der Waals surface area (Å²) in [5.41, 5.74) is 7.76. The summed E-state index contributed by atoms with van der Waals surface area (Å²) in [6.45, 7) is 6.87. The highest BCUT2D eigenvalue weighted by molar-refractivity contribution is 6.06. The van der Waals surface area contributed by atoms with Crippen molar-refractivity contribution < 1.29 is 9.59 Å². The quantitative estimate of drug-likeness (QED) is 0.364. The second-order valence-corrected chi connectivity index (χ2v) is 11.6. The van der Waals surface area contributed by atoms with Gasteiger partial charge in [0.05, 0.1) is 6.54 Å². The fourth-order valence-electron chi connectivity index (χ4n) is 5.96. The van der Waals surface area contributed by atoms with Crippen LogP contribution in [-0.2, 0) is 17.9 Å². The summed E-state index contributed by atoms with van der Waals surface area (Å²) >= 11 is 0. The minimum atomic E-state index is -0.683. The van der Waals surface area contributed by atoms with Crippen molar-refractivity contribution in [2.45, 2.75) is 110 Å². The molecule has 0 aromatic heterocycles. The van der Waals surface area contributed by atoms with Crippen LogP contribution in [-0.4, -0.2) is 46.3 Å². The Bertz CT molecular complexity index is 936. The van der Waals surface area contributed by atoms with Crippen LogP contribution in [0.1, 0.15) is 102 Å². The maximum atomic E-state index is 13.7. The number of amides is 3. The summed E-state index contributed by atoms with van der Waals surface area (Å²) in [5.74, 6) is 1.69. The summed E-state index contributed by atoms with van der Waals surface area (Å²) < 4.78 is 0. The van der Waals surface area contributed by atoms with Crippen molar-refractivity contribution in [1.29, 1.82) is 0 Å². The minimum Gasteiger partial charge on any atom is -0.369 e. The number of nitrogens with zero attached hydrogens (tertiary/aromatic N) is 3. The molecule has 37 heavy (non-hydrogen) atoms. The van der Waals surface area contributed by atoms with Crippen LogP contribution in [0.3, 0.4) is 0 Å². The van der Waals surface area contributed by atoms with Crippen LogP contribution < -0.4 is 11.1 Å². The van der Waals surface area contributed by atoms with Crippen molar-refractivity contribution in [1.82, 2.24) is 15.1 Å². The minimum absolute atomic E-state index is 0.0193. The fourth-order valence-corrected chi connectivity index (χ4v) is 5.96. The fraction of sp³-hybridized carbons (Fsp3) is 0.700.